The number of rotatable bonds is 0. The molecule has 0 bridgehead atoms. The smallest absolute Gasteiger partial charge is 0.174 e. The molecule has 4 nitrogen and oxygen atoms in total. The fourth-order valence-corrected chi connectivity index (χ4v) is 10.1. The van der Waals surface area contributed by atoms with Gasteiger partial charge in [0.25, 0.3) is 0 Å². The lowest BCUT2D eigenvalue weighted by atomic mass is 10.3. The van der Waals surface area contributed by atoms with E-state index in [1.165, 1.54) is 55.7 Å². The first-order valence-electron chi connectivity index (χ1n) is 16.9. The predicted octanol–water partition coefficient (Wildman–Crippen LogP) is 19.3. The number of hydrogen-bond acceptors (Lipinski definition) is 8. The van der Waals surface area contributed by atoms with E-state index in [0.717, 1.165) is 41.0 Å². The molecule has 51 heavy (non-hydrogen) atoms. The van der Waals surface area contributed by atoms with Gasteiger partial charge in [-0.25, -0.2) is 0 Å². The third kappa shape index (κ3) is 12.7. The third-order valence-corrected chi connectivity index (χ3v) is 13.3. The van der Waals surface area contributed by atoms with Gasteiger partial charge in [0, 0.05) is 49.0 Å². The van der Waals surface area contributed by atoms with Crippen LogP contribution in [0.4, 0.5) is 0 Å². The molecule has 0 aliphatic rings. The van der Waals surface area contributed by atoms with Crippen molar-refractivity contribution in [3.63, 3.8) is 0 Å². The Bertz CT molecular complexity index is 2030. The standard InChI is InChI=1S/3C8H7BrOS.C7H5BrOS.4C2H6/c1-4-5(2)11-6-3-7(9)10-8(4)6;1-4-3-11-7-5(2)8(9)10-6(4)7;1-4-3-6-7(11-4)5(2)8(9)10-6;1-4-2-5-6(10-4)3-7(8)9-5;4*1-2/h3*3H,1-2H3;2-3H,1H3;4*1-2H3. The van der Waals surface area contributed by atoms with Crippen molar-refractivity contribution in [1.82, 2.24) is 0 Å². The van der Waals surface area contributed by atoms with E-state index in [4.69, 9.17) is 17.7 Å². The number of halogens is 4. The zero-order valence-corrected chi connectivity index (χ0v) is 41.8. The van der Waals surface area contributed by atoms with Crippen LogP contribution in [0, 0.1) is 48.5 Å². The summed E-state index contributed by atoms with van der Waals surface area (Å²) in [5.41, 5.74) is 8.93. The molecule has 0 aliphatic carbocycles. The summed E-state index contributed by atoms with van der Waals surface area (Å²) in [6.07, 6.45) is 0. The van der Waals surface area contributed by atoms with Gasteiger partial charge in [-0.2, -0.15) is 0 Å². The molecule has 0 unspecified atom stereocenters. The highest BCUT2D eigenvalue weighted by Crippen LogP contribution is 2.37. The van der Waals surface area contributed by atoms with E-state index in [2.05, 4.69) is 124 Å². The molecular weight excluding hydrogens is 980 g/mol. The van der Waals surface area contributed by atoms with Crippen molar-refractivity contribution in [2.24, 2.45) is 0 Å². The first-order chi connectivity index (χ1) is 24.3. The van der Waals surface area contributed by atoms with Crippen molar-refractivity contribution in [2.45, 2.75) is 104 Å². The molecular formula is C39H50Br4O4S4. The van der Waals surface area contributed by atoms with Gasteiger partial charge in [-0.05, 0) is 130 Å². The molecule has 0 aliphatic heterocycles. The van der Waals surface area contributed by atoms with Gasteiger partial charge < -0.3 is 17.7 Å². The SMILES string of the molecule is CC.CC.CC.CC.Cc1cc2oc(Br)c(C)c2s1.Cc1cc2oc(Br)cc2s1.Cc1csc2c(C)c(Br)oc12.Cc1sc2cc(Br)oc2c1C. The Morgan fingerprint density at radius 1 is 0.471 bits per heavy atom. The molecule has 8 aromatic heterocycles. The van der Waals surface area contributed by atoms with Crippen LogP contribution in [-0.2, 0) is 0 Å². The molecule has 282 valence electrons. The van der Waals surface area contributed by atoms with Gasteiger partial charge >= 0.3 is 0 Å². The van der Waals surface area contributed by atoms with Crippen LogP contribution in [0.25, 0.3) is 41.1 Å². The zero-order valence-electron chi connectivity index (χ0n) is 32.2. The highest BCUT2D eigenvalue weighted by molar-refractivity contribution is 9.11. The highest BCUT2D eigenvalue weighted by Gasteiger charge is 2.12. The van der Waals surface area contributed by atoms with Crippen molar-refractivity contribution in [3.05, 3.63) is 85.2 Å². The van der Waals surface area contributed by atoms with Gasteiger partial charge in [0.2, 0.25) is 0 Å². The first-order valence-corrected chi connectivity index (χ1v) is 23.4. The first kappa shape index (κ1) is 47.9. The Kier molecular flexibility index (Phi) is 22.2. The average molecular weight is 1030 g/mol. The maximum absolute atomic E-state index is 5.50. The second-order valence-electron chi connectivity index (χ2n) is 9.79. The number of thiophene rings is 4. The second kappa shape index (κ2) is 23.6. The Hall–Kier alpha value is -1.12. The fraction of sp³-hybridized carbons (Fsp3) is 0.385. The number of fused-ring (bicyclic) bond motifs is 4. The summed E-state index contributed by atoms with van der Waals surface area (Å²) in [5, 5.41) is 2.12. The van der Waals surface area contributed by atoms with Crippen LogP contribution in [0.1, 0.15) is 92.3 Å². The van der Waals surface area contributed by atoms with E-state index >= 15 is 0 Å². The lowest BCUT2D eigenvalue weighted by Crippen LogP contribution is -1.65. The molecule has 0 amide bonds. The lowest BCUT2D eigenvalue weighted by molar-refractivity contribution is 0.582. The van der Waals surface area contributed by atoms with Gasteiger partial charge in [-0.15, -0.1) is 45.3 Å². The topological polar surface area (TPSA) is 52.6 Å². The highest BCUT2D eigenvalue weighted by atomic mass is 79.9. The molecule has 0 saturated carbocycles. The van der Waals surface area contributed by atoms with Crippen molar-refractivity contribution in [3.8, 4) is 0 Å². The van der Waals surface area contributed by atoms with Crippen molar-refractivity contribution < 1.29 is 17.7 Å². The molecule has 8 heterocycles. The van der Waals surface area contributed by atoms with E-state index in [0.29, 0.717) is 0 Å². The molecule has 0 saturated heterocycles. The number of furan rings is 4. The van der Waals surface area contributed by atoms with E-state index in [1.807, 2.05) is 73.6 Å². The van der Waals surface area contributed by atoms with Gasteiger partial charge in [0.05, 0.1) is 18.8 Å². The predicted molar refractivity (Wildman–Crippen MR) is 246 cm³/mol. The molecule has 8 rings (SSSR count). The zero-order chi connectivity index (χ0) is 39.2. The number of aryl methyl sites for hydroxylation is 7. The largest absolute Gasteiger partial charge is 0.448 e. The summed E-state index contributed by atoms with van der Waals surface area (Å²) in [6.45, 7) is 30.6. The third-order valence-electron chi connectivity index (χ3n) is 6.50. The summed E-state index contributed by atoms with van der Waals surface area (Å²) >= 11 is 20.3. The average Bonchev–Trinajstić information content (AvgIpc) is 4.01. The normalized spacial score (nSPS) is 9.86. The maximum atomic E-state index is 5.50. The van der Waals surface area contributed by atoms with E-state index in [9.17, 15) is 0 Å². The van der Waals surface area contributed by atoms with E-state index < -0.39 is 0 Å². The molecule has 8 aromatic rings. The summed E-state index contributed by atoms with van der Waals surface area (Å²) < 4.78 is 30.0. The Balaban J connectivity index is 0.000000319. The summed E-state index contributed by atoms with van der Waals surface area (Å²) in [6, 6.07) is 8.12. The molecule has 12 heteroatoms. The van der Waals surface area contributed by atoms with Crippen molar-refractivity contribution in [2.75, 3.05) is 0 Å². The monoisotopic (exact) mass is 1030 g/mol. The van der Waals surface area contributed by atoms with Crippen LogP contribution in [-0.4, -0.2) is 0 Å². The Morgan fingerprint density at radius 3 is 1.53 bits per heavy atom. The van der Waals surface area contributed by atoms with Gasteiger partial charge in [-0.3, -0.25) is 0 Å². The van der Waals surface area contributed by atoms with Crippen molar-refractivity contribution in [1.29, 1.82) is 0 Å². The van der Waals surface area contributed by atoms with Gasteiger partial charge in [0.1, 0.15) is 22.3 Å². The second-order valence-corrected chi connectivity index (χ2v) is 17.5. The lowest BCUT2D eigenvalue weighted by Gasteiger charge is -1.85. The molecule has 0 N–H and O–H groups in total. The van der Waals surface area contributed by atoms with Crippen molar-refractivity contribution >= 4 is 150 Å². The van der Waals surface area contributed by atoms with Gasteiger partial charge in [0.15, 0.2) is 18.7 Å². The van der Waals surface area contributed by atoms with Gasteiger partial charge in [-0.1, -0.05) is 55.4 Å². The maximum Gasteiger partial charge on any atom is 0.174 e. The minimum atomic E-state index is 0.814. The minimum Gasteiger partial charge on any atom is -0.448 e. The van der Waals surface area contributed by atoms with Crippen LogP contribution in [0.3, 0.4) is 0 Å². The van der Waals surface area contributed by atoms with Crippen LogP contribution in [0.15, 0.2) is 66.0 Å². The minimum absolute atomic E-state index is 0.814. The number of hydrogen-bond donors (Lipinski definition) is 0. The fourth-order valence-electron chi connectivity index (χ4n) is 4.18. The summed E-state index contributed by atoms with van der Waals surface area (Å²) in [7, 11) is 0. The molecule has 0 radical (unpaired) electrons. The summed E-state index contributed by atoms with van der Waals surface area (Å²) in [4.78, 5) is 3.93. The Morgan fingerprint density at radius 2 is 0.980 bits per heavy atom. The van der Waals surface area contributed by atoms with E-state index in [1.54, 1.807) is 45.3 Å². The molecule has 0 atom stereocenters. The van der Waals surface area contributed by atoms with Crippen LogP contribution >= 0.6 is 109 Å². The van der Waals surface area contributed by atoms with Crippen LogP contribution in [0.2, 0.25) is 0 Å². The molecule has 0 aromatic carbocycles. The van der Waals surface area contributed by atoms with Crippen LogP contribution < -0.4 is 0 Å². The van der Waals surface area contributed by atoms with Crippen LogP contribution in [0.5, 0.6) is 0 Å². The molecule has 0 fully saturated rings. The quantitative estimate of drug-likeness (QED) is 0.152. The molecule has 0 spiro atoms. The summed E-state index contributed by atoms with van der Waals surface area (Å²) in [5.74, 6) is 0. The Labute approximate surface area is 353 Å². The van der Waals surface area contributed by atoms with E-state index in [-0.39, 0.29) is 0 Å².